The standard InChI is InChI=1S/2C12H10N2O3.C7H5NO3/c15-14(16)10-3-1-2-9(6-10)11-7-12(17-13-11)8-4-5-8;15-14(16)10-3-1-2-9(6-10)12-7-11(13-17-12)8-4-5-8;9-5-6-2-1-3-7(4-6)8(10)11/h2*1-3,6-8H,4-5H2;1-5H. The lowest BCUT2D eigenvalue weighted by molar-refractivity contribution is -0.385. The van der Waals surface area contributed by atoms with Gasteiger partial charge in [0.25, 0.3) is 17.1 Å². The average molecular weight is 612 g/mol. The summed E-state index contributed by atoms with van der Waals surface area (Å²) in [6.45, 7) is 0. The molecule has 14 nitrogen and oxygen atoms in total. The minimum Gasteiger partial charge on any atom is -0.360 e. The van der Waals surface area contributed by atoms with E-state index in [1.165, 1.54) is 48.5 Å². The fourth-order valence-corrected chi connectivity index (χ4v) is 4.25. The second kappa shape index (κ2) is 13.5. The number of aldehydes is 1. The van der Waals surface area contributed by atoms with Gasteiger partial charge in [-0.1, -0.05) is 46.7 Å². The molecule has 0 aliphatic heterocycles. The lowest BCUT2D eigenvalue weighted by atomic mass is 10.1. The number of nitro benzene ring substituents is 3. The van der Waals surface area contributed by atoms with E-state index >= 15 is 0 Å². The molecule has 5 aromatic rings. The van der Waals surface area contributed by atoms with Gasteiger partial charge in [-0.2, -0.15) is 0 Å². The quantitative estimate of drug-likeness (QED) is 0.0947. The molecule has 0 radical (unpaired) electrons. The fourth-order valence-electron chi connectivity index (χ4n) is 4.25. The predicted octanol–water partition coefficient (Wildman–Crippen LogP) is 7.66. The molecular weight excluding hydrogens is 586 g/mol. The number of nitrogens with zero attached hydrogens (tertiary/aromatic N) is 5. The first-order valence-corrected chi connectivity index (χ1v) is 13.8. The van der Waals surface area contributed by atoms with E-state index in [1.54, 1.807) is 24.3 Å². The number of carbonyl (C=O) groups excluding carboxylic acids is 1. The van der Waals surface area contributed by atoms with Crippen LogP contribution in [0.25, 0.3) is 22.6 Å². The molecule has 2 aromatic heterocycles. The number of hydrogen-bond acceptors (Lipinski definition) is 11. The van der Waals surface area contributed by atoms with Gasteiger partial charge in [-0.15, -0.1) is 0 Å². The summed E-state index contributed by atoms with van der Waals surface area (Å²) in [5.74, 6) is 2.49. The topological polar surface area (TPSA) is 199 Å². The highest BCUT2D eigenvalue weighted by Gasteiger charge is 2.28. The van der Waals surface area contributed by atoms with Gasteiger partial charge in [0.1, 0.15) is 17.7 Å². The van der Waals surface area contributed by atoms with Crippen molar-refractivity contribution in [3.63, 3.8) is 0 Å². The minimum absolute atomic E-state index is 0.0606. The van der Waals surface area contributed by atoms with Crippen molar-refractivity contribution in [2.45, 2.75) is 37.5 Å². The van der Waals surface area contributed by atoms with Gasteiger partial charge < -0.3 is 9.05 Å². The molecule has 0 unspecified atom stereocenters. The van der Waals surface area contributed by atoms with E-state index in [4.69, 9.17) is 9.05 Å². The highest BCUT2D eigenvalue weighted by atomic mass is 16.6. The largest absolute Gasteiger partial charge is 0.360 e. The van der Waals surface area contributed by atoms with Gasteiger partial charge in [0.2, 0.25) is 0 Å². The molecule has 0 bridgehead atoms. The van der Waals surface area contributed by atoms with Crippen molar-refractivity contribution >= 4 is 23.3 Å². The number of non-ortho nitro benzene ring substituents is 3. The third-order valence-corrected chi connectivity index (χ3v) is 6.94. The number of aromatic nitrogens is 2. The first kappa shape index (κ1) is 30.4. The van der Waals surface area contributed by atoms with Crippen LogP contribution in [0, 0.1) is 30.3 Å². The Bertz CT molecular complexity index is 1750. The van der Waals surface area contributed by atoms with Crippen molar-refractivity contribution in [2.75, 3.05) is 0 Å². The van der Waals surface area contributed by atoms with Gasteiger partial charge in [0.05, 0.1) is 20.5 Å². The van der Waals surface area contributed by atoms with Crippen LogP contribution in [0.2, 0.25) is 0 Å². The van der Waals surface area contributed by atoms with Crippen LogP contribution < -0.4 is 0 Å². The molecule has 2 aliphatic carbocycles. The van der Waals surface area contributed by atoms with Crippen LogP contribution in [0.15, 0.2) is 94.0 Å². The van der Waals surface area contributed by atoms with Crippen LogP contribution >= 0.6 is 0 Å². The fraction of sp³-hybridized carbons (Fsp3) is 0.194. The molecule has 2 aliphatic rings. The normalized spacial score (nSPS) is 13.4. The summed E-state index contributed by atoms with van der Waals surface area (Å²) in [7, 11) is 0. The van der Waals surface area contributed by atoms with Crippen molar-refractivity contribution in [3.05, 3.63) is 132 Å². The molecule has 228 valence electrons. The maximum absolute atomic E-state index is 10.7. The summed E-state index contributed by atoms with van der Waals surface area (Å²) in [5.41, 5.74) is 3.41. The van der Waals surface area contributed by atoms with Gasteiger partial charge in [0, 0.05) is 77.1 Å². The van der Waals surface area contributed by atoms with Crippen molar-refractivity contribution in [2.24, 2.45) is 0 Å². The Balaban J connectivity index is 0.000000137. The van der Waals surface area contributed by atoms with E-state index in [9.17, 15) is 35.1 Å². The maximum atomic E-state index is 10.7. The number of rotatable bonds is 8. The molecule has 7 rings (SSSR count). The van der Waals surface area contributed by atoms with E-state index in [-0.39, 0.29) is 17.1 Å². The van der Waals surface area contributed by atoms with Crippen molar-refractivity contribution in [1.29, 1.82) is 0 Å². The smallest absolute Gasteiger partial charge is 0.270 e. The Kier molecular flexibility index (Phi) is 9.12. The van der Waals surface area contributed by atoms with Gasteiger partial charge >= 0.3 is 0 Å². The number of carbonyl (C=O) groups is 1. The van der Waals surface area contributed by atoms with E-state index < -0.39 is 14.8 Å². The van der Waals surface area contributed by atoms with Gasteiger partial charge in [-0.05, 0) is 25.7 Å². The molecule has 0 saturated heterocycles. The third-order valence-electron chi connectivity index (χ3n) is 6.94. The Morgan fingerprint density at radius 3 is 1.78 bits per heavy atom. The molecular formula is C31H25N5O9. The number of nitro groups is 3. The van der Waals surface area contributed by atoms with E-state index in [1.807, 2.05) is 12.1 Å². The second-order valence-corrected chi connectivity index (χ2v) is 10.4. The third kappa shape index (κ3) is 8.07. The molecule has 2 heterocycles. The van der Waals surface area contributed by atoms with Crippen molar-refractivity contribution in [3.8, 4) is 22.6 Å². The van der Waals surface area contributed by atoms with Crippen LogP contribution in [0.5, 0.6) is 0 Å². The van der Waals surface area contributed by atoms with Crippen molar-refractivity contribution in [1.82, 2.24) is 10.3 Å². The predicted molar refractivity (Wildman–Crippen MR) is 160 cm³/mol. The molecule has 0 atom stereocenters. The SMILES string of the molecule is O=Cc1cccc([N+](=O)[O-])c1.O=[N+]([O-])c1cccc(-c2cc(C3CC3)no2)c1.O=[N+]([O-])c1cccc(-c2cc(C3CC3)on2)c1. The Hall–Kier alpha value is -6.05. The molecule has 3 aromatic carbocycles. The zero-order chi connectivity index (χ0) is 31.9. The summed E-state index contributed by atoms with van der Waals surface area (Å²) in [5, 5.41) is 39.4. The van der Waals surface area contributed by atoms with Gasteiger partial charge in [0.15, 0.2) is 5.76 Å². The molecule has 0 amide bonds. The van der Waals surface area contributed by atoms with E-state index in [0.29, 0.717) is 40.7 Å². The van der Waals surface area contributed by atoms with Gasteiger partial charge in [-0.3, -0.25) is 35.1 Å². The second-order valence-electron chi connectivity index (χ2n) is 10.4. The highest BCUT2D eigenvalue weighted by Crippen LogP contribution is 2.42. The van der Waals surface area contributed by atoms with Crippen LogP contribution in [0.4, 0.5) is 17.1 Å². The minimum atomic E-state index is -0.535. The lowest BCUT2D eigenvalue weighted by Gasteiger charge is -1.94. The van der Waals surface area contributed by atoms with Crippen molar-refractivity contribution < 1.29 is 28.6 Å². The lowest BCUT2D eigenvalue weighted by Crippen LogP contribution is -1.88. The molecule has 0 N–H and O–H groups in total. The van der Waals surface area contributed by atoms with Crippen LogP contribution in [-0.2, 0) is 0 Å². The Morgan fingerprint density at radius 1 is 0.644 bits per heavy atom. The van der Waals surface area contributed by atoms with Gasteiger partial charge in [-0.25, -0.2) is 0 Å². The Morgan fingerprint density at radius 2 is 1.20 bits per heavy atom. The maximum Gasteiger partial charge on any atom is 0.270 e. The Labute approximate surface area is 254 Å². The molecule has 14 heteroatoms. The number of benzene rings is 3. The van der Waals surface area contributed by atoms with E-state index in [0.717, 1.165) is 42.7 Å². The molecule has 45 heavy (non-hydrogen) atoms. The summed E-state index contributed by atoms with van der Waals surface area (Å²) < 4.78 is 10.4. The highest BCUT2D eigenvalue weighted by molar-refractivity contribution is 5.75. The summed E-state index contributed by atoms with van der Waals surface area (Å²) in [4.78, 5) is 40.3. The first-order valence-electron chi connectivity index (χ1n) is 13.8. The van der Waals surface area contributed by atoms with E-state index in [2.05, 4.69) is 10.3 Å². The first-order chi connectivity index (χ1) is 21.7. The molecule has 2 saturated carbocycles. The molecule has 2 fully saturated rings. The summed E-state index contributed by atoms with van der Waals surface area (Å²) in [6.07, 6.45) is 5.17. The van der Waals surface area contributed by atoms with Crippen LogP contribution in [0.3, 0.4) is 0 Å². The van der Waals surface area contributed by atoms with Crippen LogP contribution in [-0.4, -0.2) is 31.4 Å². The van der Waals surface area contributed by atoms with Crippen LogP contribution in [0.1, 0.15) is 59.3 Å². The number of hydrogen-bond donors (Lipinski definition) is 0. The average Bonchev–Trinajstić information content (AvgIpc) is 4.00. The molecule has 0 spiro atoms. The zero-order valence-electron chi connectivity index (χ0n) is 23.6. The summed E-state index contributed by atoms with van der Waals surface area (Å²) in [6, 6.07) is 22.1. The monoisotopic (exact) mass is 611 g/mol. The zero-order valence-corrected chi connectivity index (χ0v) is 23.6. The summed E-state index contributed by atoms with van der Waals surface area (Å²) >= 11 is 0.